The summed E-state index contributed by atoms with van der Waals surface area (Å²) in [4.78, 5) is 10.4. The zero-order valence-electron chi connectivity index (χ0n) is 9.18. The summed E-state index contributed by atoms with van der Waals surface area (Å²) in [6.45, 7) is 0. The Morgan fingerprint density at radius 1 is 1.33 bits per heavy atom. The molecule has 0 radical (unpaired) electrons. The van der Waals surface area contributed by atoms with Crippen molar-refractivity contribution < 1.29 is 4.92 Å². The van der Waals surface area contributed by atoms with Crippen molar-refractivity contribution in [2.75, 3.05) is 0 Å². The van der Waals surface area contributed by atoms with Gasteiger partial charge >= 0.3 is 0 Å². The third kappa shape index (κ3) is 3.40. The maximum Gasteiger partial charge on any atom is 0.269 e. The largest absolute Gasteiger partial charge is 0.269 e. The highest BCUT2D eigenvalue weighted by molar-refractivity contribution is 9.11. The molecule has 2 rings (SSSR count). The standard InChI is InChI=1S/C12H9Br2NO2S/c13-11(9-6-12(14)18-7-9)5-8-1-3-10(4-2-8)15(16)17/h1-4,6-7,11H,5H2. The van der Waals surface area contributed by atoms with E-state index in [4.69, 9.17) is 0 Å². The Morgan fingerprint density at radius 3 is 2.50 bits per heavy atom. The minimum absolute atomic E-state index is 0.128. The van der Waals surface area contributed by atoms with Crippen LogP contribution in [0.1, 0.15) is 16.0 Å². The van der Waals surface area contributed by atoms with Crippen LogP contribution in [-0.4, -0.2) is 4.92 Å². The molecule has 3 nitrogen and oxygen atoms in total. The molecule has 0 saturated heterocycles. The van der Waals surface area contributed by atoms with E-state index in [1.54, 1.807) is 35.6 Å². The van der Waals surface area contributed by atoms with Crippen molar-refractivity contribution in [1.82, 2.24) is 0 Å². The average Bonchev–Trinajstić information content (AvgIpc) is 2.76. The van der Waals surface area contributed by atoms with Crippen molar-refractivity contribution in [1.29, 1.82) is 0 Å². The molecule has 6 heteroatoms. The summed E-state index contributed by atoms with van der Waals surface area (Å²) >= 11 is 8.72. The topological polar surface area (TPSA) is 43.1 Å². The van der Waals surface area contributed by atoms with Crippen LogP contribution in [0, 0.1) is 10.1 Å². The van der Waals surface area contributed by atoms with Gasteiger partial charge in [0.05, 0.1) is 8.71 Å². The summed E-state index contributed by atoms with van der Waals surface area (Å²) in [7, 11) is 0. The van der Waals surface area contributed by atoms with Gasteiger partial charge in [0.15, 0.2) is 0 Å². The first kappa shape index (κ1) is 13.7. The number of rotatable bonds is 4. The van der Waals surface area contributed by atoms with Crippen molar-refractivity contribution in [3.8, 4) is 0 Å². The molecule has 1 atom stereocenters. The second kappa shape index (κ2) is 5.95. The van der Waals surface area contributed by atoms with Crippen LogP contribution in [-0.2, 0) is 6.42 Å². The molecule has 0 bridgehead atoms. The maximum atomic E-state index is 10.6. The first-order valence-corrected chi connectivity index (χ1v) is 7.76. The number of alkyl halides is 1. The molecule has 0 fully saturated rings. The number of nitro benzene ring substituents is 1. The molecule has 1 aromatic carbocycles. The zero-order valence-corrected chi connectivity index (χ0v) is 13.2. The predicted octanol–water partition coefficient (Wildman–Crippen LogP) is 5.10. The number of nitro groups is 1. The maximum absolute atomic E-state index is 10.6. The molecule has 1 unspecified atom stereocenters. The van der Waals surface area contributed by atoms with Gasteiger partial charge in [0, 0.05) is 17.0 Å². The van der Waals surface area contributed by atoms with Crippen molar-refractivity contribution in [2.45, 2.75) is 11.2 Å². The molecular formula is C12H9Br2NO2S. The second-order valence-corrected chi connectivity index (χ2v) is 7.18. The number of halogens is 2. The van der Waals surface area contributed by atoms with E-state index in [0.717, 1.165) is 15.8 Å². The van der Waals surface area contributed by atoms with E-state index < -0.39 is 0 Å². The van der Waals surface area contributed by atoms with Gasteiger partial charge in [0.1, 0.15) is 0 Å². The fourth-order valence-corrected chi connectivity index (χ4v) is 3.61. The van der Waals surface area contributed by atoms with E-state index >= 15 is 0 Å². The highest BCUT2D eigenvalue weighted by Crippen LogP contribution is 2.32. The number of nitrogens with zero attached hydrogens (tertiary/aromatic N) is 1. The number of benzene rings is 1. The summed E-state index contributed by atoms with van der Waals surface area (Å²) in [6.07, 6.45) is 0.807. The third-order valence-electron chi connectivity index (χ3n) is 2.51. The van der Waals surface area contributed by atoms with Gasteiger partial charge in [-0.15, -0.1) is 11.3 Å². The molecule has 1 heterocycles. The molecule has 0 amide bonds. The first-order valence-electron chi connectivity index (χ1n) is 5.17. The fraction of sp³-hybridized carbons (Fsp3) is 0.167. The van der Waals surface area contributed by atoms with Crippen LogP contribution in [0.2, 0.25) is 0 Å². The molecule has 2 aromatic rings. The second-order valence-electron chi connectivity index (χ2n) is 3.78. The van der Waals surface area contributed by atoms with Crippen molar-refractivity contribution in [3.63, 3.8) is 0 Å². The Bertz CT molecular complexity index is 553. The van der Waals surface area contributed by atoms with E-state index in [9.17, 15) is 10.1 Å². The normalized spacial score (nSPS) is 12.3. The average molecular weight is 391 g/mol. The van der Waals surface area contributed by atoms with Crippen molar-refractivity contribution in [3.05, 3.63) is 60.7 Å². The molecule has 0 aliphatic heterocycles. The SMILES string of the molecule is O=[N+]([O-])c1ccc(CC(Br)c2csc(Br)c2)cc1. The number of hydrogen-bond acceptors (Lipinski definition) is 3. The van der Waals surface area contributed by atoms with E-state index in [1.165, 1.54) is 5.56 Å². The lowest BCUT2D eigenvalue weighted by Crippen LogP contribution is -1.94. The summed E-state index contributed by atoms with van der Waals surface area (Å²) in [5, 5.41) is 12.6. The first-order chi connectivity index (χ1) is 8.56. The third-order valence-corrected chi connectivity index (χ3v) is 4.89. The van der Waals surface area contributed by atoms with Crippen LogP contribution in [0.25, 0.3) is 0 Å². The van der Waals surface area contributed by atoms with Crippen LogP contribution in [0.4, 0.5) is 5.69 Å². The molecule has 0 aliphatic rings. The lowest BCUT2D eigenvalue weighted by Gasteiger charge is -2.07. The van der Waals surface area contributed by atoms with Gasteiger partial charge in [-0.2, -0.15) is 0 Å². The fourth-order valence-electron chi connectivity index (χ4n) is 1.57. The number of thiophene rings is 1. The Balaban J connectivity index is 2.07. The van der Waals surface area contributed by atoms with Gasteiger partial charge in [0.2, 0.25) is 0 Å². The van der Waals surface area contributed by atoms with Crippen LogP contribution in [0.5, 0.6) is 0 Å². The van der Waals surface area contributed by atoms with Gasteiger partial charge in [-0.05, 0) is 44.9 Å². The van der Waals surface area contributed by atoms with E-state index in [-0.39, 0.29) is 15.4 Å². The molecular weight excluding hydrogens is 382 g/mol. The van der Waals surface area contributed by atoms with E-state index in [1.807, 2.05) is 0 Å². The lowest BCUT2D eigenvalue weighted by molar-refractivity contribution is -0.384. The van der Waals surface area contributed by atoms with Gasteiger partial charge in [-0.25, -0.2) is 0 Å². The van der Waals surface area contributed by atoms with Crippen LogP contribution in [0.15, 0.2) is 39.5 Å². The Labute approximate surface area is 125 Å². The molecule has 18 heavy (non-hydrogen) atoms. The van der Waals surface area contributed by atoms with Gasteiger partial charge in [-0.3, -0.25) is 10.1 Å². The minimum Gasteiger partial charge on any atom is -0.258 e. The van der Waals surface area contributed by atoms with E-state index in [2.05, 4.69) is 43.3 Å². The lowest BCUT2D eigenvalue weighted by atomic mass is 10.1. The minimum atomic E-state index is -0.384. The van der Waals surface area contributed by atoms with Crippen LogP contribution >= 0.6 is 43.2 Å². The predicted molar refractivity (Wildman–Crippen MR) is 80.5 cm³/mol. The van der Waals surface area contributed by atoms with Crippen LogP contribution in [0.3, 0.4) is 0 Å². The Morgan fingerprint density at radius 2 is 2.00 bits per heavy atom. The smallest absolute Gasteiger partial charge is 0.258 e. The summed E-state index contributed by atoms with van der Waals surface area (Å²) in [5.41, 5.74) is 2.41. The van der Waals surface area contributed by atoms with Gasteiger partial charge in [0.25, 0.3) is 5.69 Å². The monoisotopic (exact) mass is 389 g/mol. The molecule has 0 saturated carbocycles. The van der Waals surface area contributed by atoms with Crippen molar-refractivity contribution >= 4 is 48.9 Å². The molecule has 0 spiro atoms. The highest BCUT2D eigenvalue weighted by atomic mass is 79.9. The van der Waals surface area contributed by atoms with Gasteiger partial charge in [-0.1, -0.05) is 28.1 Å². The number of hydrogen-bond donors (Lipinski definition) is 0. The Hall–Kier alpha value is -0.720. The van der Waals surface area contributed by atoms with Crippen LogP contribution < -0.4 is 0 Å². The summed E-state index contributed by atoms with van der Waals surface area (Å²) in [5.74, 6) is 0. The number of non-ortho nitro benzene ring substituents is 1. The highest BCUT2D eigenvalue weighted by Gasteiger charge is 2.11. The Kier molecular flexibility index (Phi) is 4.53. The quantitative estimate of drug-likeness (QED) is 0.414. The van der Waals surface area contributed by atoms with Gasteiger partial charge < -0.3 is 0 Å². The molecule has 0 N–H and O–H groups in total. The van der Waals surface area contributed by atoms with Crippen molar-refractivity contribution in [2.24, 2.45) is 0 Å². The molecule has 94 valence electrons. The van der Waals surface area contributed by atoms with E-state index in [0.29, 0.717) is 0 Å². The summed E-state index contributed by atoms with van der Waals surface area (Å²) < 4.78 is 1.10. The summed E-state index contributed by atoms with van der Waals surface area (Å²) in [6, 6.07) is 8.76. The molecule has 1 aromatic heterocycles. The molecule has 0 aliphatic carbocycles. The zero-order chi connectivity index (χ0) is 13.1.